The van der Waals surface area contributed by atoms with Gasteiger partial charge in [-0.3, -0.25) is 0 Å². The fourth-order valence-electron chi connectivity index (χ4n) is 5.54. The Kier molecular flexibility index (Phi) is 8.32. The quantitative estimate of drug-likeness (QED) is 0.128. The molecular weight excluding hydrogens is 537 g/mol. The van der Waals surface area contributed by atoms with Gasteiger partial charge >= 0.3 is 0 Å². The van der Waals surface area contributed by atoms with Crippen molar-refractivity contribution in [3.05, 3.63) is 70.4 Å². The zero-order valence-corrected chi connectivity index (χ0v) is 25.7. The molecule has 0 spiro atoms. The van der Waals surface area contributed by atoms with Crippen LogP contribution in [0.2, 0.25) is 0 Å². The molecule has 196 valence electrons. The van der Waals surface area contributed by atoms with E-state index in [1.165, 1.54) is 94.5 Å². The van der Waals surface area contributed by atoms with Gasteiger partial charge in [-0.15, -0.1) is 45.3 Å². The molecule has 0 bridgehead atoms. The van der Waals surface area contributed by atoms with Crippen molar-refractivity contribution in [3.8, 4) is 20.9 Å². The Morgan fingerprint density at radius 1 is 0.447 bits per heavy atom. The number of thiophene rings is 4. The second kappa shape index (κ2) is 12.0. The SMILES string of the molecule is CCCCCCc1sc(-c2ccccc2)c2sc3c(sc4c(-c5ccccc5)sc(CCCCCC)c43)c12. The summed E-state index contributed by atoms with van der Waals surface area (Å²) in [7, 11) is 0. The van der Waals surface area contributed by atoms with Gasteiger partial charge in [-0.05, 0) is 36.8 Å². The van der Waals surface area contributed by atoms with Gasteiger partial charge < -0.3 is 0 Å². The van der Waals surface area contributed by atoms with Crippen LogP contribution in [0.15, 0.2) is 60.7 Å². The fourth-order valence-corrected chi connectivity index (χ4v) is 11.7. The molecule has 0 aliphatic rings. The molecule has 4 heteroatoms. The van der Waals surface area contributed by atoms with Crippen LogP contribution in [0, 0.1) is 0 Å². The molecule has 0 saturated carbocycles. The summed E-state index contributed by atoms with van der Waals surface area (Å²) in [4.78, 5) is 6.19. The molecule has 6 aromatic rings. The van der Waals surface area contributed by atoms with Crippen molar-refractivity contribution >= 4 is 74.9 Å². The average molecular weight is 573 g/mol. The number of aryl methyl sites for hydroxylation is 2. The van der Waals surface area contributed by atoms with Crippen molar-refractivity contribution in [2.45, 2.75) is 78.1 Å². The van der Waals surface area contributed by atoms with Crippen LogP contribution >= 0.6 is 45.3 Å². The third kappa shape index (κ3) is 5.01. The Labute approximate surface area is 243 Å². The Balaban J connectivity index is 1.54. The Morgan fingerprint density at radius 2 is 0.868 bits per heavy atom. The van der Waals surface area contributed by atoms with Gasteiger partial charge in [0, 0.05) is 20.5 Å². The number of hydrogen-bond donors (Lipinski definition) is 0. The van der Waals surface area contributed by atoms with Gasteiger partial charge in [0.1, 0.15) is 0 Å². The Bertz CT molecular complexity index is 1500. The molecule has 0 amide bonds. The molecule has 4 aromatic heterocycles. The van der Waals surface area contributed by atoms with Crippen LogP contribution in [0.5, 0.6) is 0 Å². The smallest absolute Gasteiger partial charge is 0.0554 e. The number of unbranched alkanes of at least 4 members (excludes halogenated alkanes) is 6. The third-order valence-corrected chi connectivity index (χ3v) is 13.0. The highest BCUT2D eigenvalue weighted by Crippen LogP contribution is 2.56. The van der Waals surface area contributed by atoms with Crippen LogP contribution in [-0.4, -0.2) is 0 Å². The van der Waals surface area contributed by atoms with Crippen molar-refractivity contribution in [1.82, 2.24) is 0 Å². The lowest BCUT2D eigenvalue weighted by Crippen LogP contribution is -1.82. The highest BCUT2D eigenvalue weighted by molar-refractivity contribution is 7.40. The maximum Gasteiger partial charge on any atom is 0.0554 e. The molecule has 0 unspecified atom stereocenters. The molecule has 4 heterocycles. The molecule has 38 heavy (non-hydrogen) atoms. The highest BCUT2D eigenvalue weighted by Gasteiger charge is 2.25. The van der Waals surface area contributed by atoms with Crippen molar-refractivity contribution in [2.75, 3.05) is 0 Å². The van der Waals surface area contributed by atoms with Crippen LogP contribution in [0.25, 0.3) is 50.5 Å². The lowest BCUT2D eigenvalue weighted by Gasteiger charge is -2.00. The molecule has 0 saturated heterocycles. The van der Waals surface area contributed by atoms with Crippen molar-refractivity contribution < 1.29 is 0 Å². The molecule has 0 fully saturated rings. The van der Waals surface area contributed by atoms with Crippen molar-refractivity contribution in [2.24, 2.45) is 0 Å². The lowest BCUT2D eigenvalue weighted by atomic mass is 10.1. The molecule has 2 aromatic carbocycles. The van der Waals surface area contributed by atoms with Gasteiger partial charge in [-0.25, -0.2) is 0 Å². The normalized spacial score (nSPS) is 11.9. The molecule has 0 radical (unpaired) electrons. The van der Waals surface area contributed by atoms with Gasteiger partial charge in [0.25, 0.3) is 0 Å². The van der Waals surface area contributed by atoms with E-state index in [1.807, 2.05) is 0 Å². The highest BCUT2D eigenvalue weighted by atomic mass is 32.1. The Morgan fingerprint density at radius 3 is 1.26 bits per heavy atom. The van der Waals surface area contributed by atoms with Crippen molar-refractivity contribution in [1.29, 1.82) is 0 Å². The molecule has 0 nitrogen and oxygen atoms in total. The van der Waals surface area contributed by atoms with Crippen LogP contribution in [0.1, 0.15) is 75.0 Å². The second-order valence-electron chi connectivity index (χ2n) is 10.3. The van der Waals surface area contributed by atoms with Gasteiger partial charge in [0.2, 0.25) is 0 Å². The van der Waals surface area contributed by atoms with Crippen LogP contribution in [-0.2, 0) is 12.8 Å². The van der Waals surface area contributed by atoms with E-state index in [0.717, 1.165) is 0 Å². The first-order valence-electron chi connectivity index (χ1n) is 14.3. The first kappa shape index (κ1) is 26.3. The van der Waals surface area contributed by atoms with Crippen LogP contribution < -0.4 is 0 Å². The van der Waals surface area contributed by atoms with E-state index in [1.54, 1.807) is 29.9 Å². The van der Waals surface area contributed by atoms with Gasteiger partial charge in [-0.1, -0.05) is 113 Å². The number of hydrogen-bond acceptors (Lipinski definition) is 4. The molecule has 0 N–H and O–H groups in total. The number of benzene rings is 2. The molecule has 0 atom stereocenters. The topological polar surface area (TPSA) is 0 Å². The summed E-state index contributed by atoms with van der Waals surface area (Å²) in [5.74, 6) is 0. The monoisotopic (exact) mass is 572 g/mol. The van der Waals surface area contributed by atoms with E-state index in [0.29, 0.717) is 0 Å². The summed E-state index contributed by atoms with van der Waals surface area (Å²) in [6, 6.07) is 22.2. The molecule has 6 rings (SSSR count). The summed E-state index contributed by atoms with van der Waals surface area (Å²) < 4.78 is 6.16. The molecule has 0 aliphatic heterocycles. The largest absolute Gasteiger partial charge is 0.138 e. The predicted octanol–water partition coefficient (Wildman–Crippen LogP) is 13.0. The van der Waals surface area contributed by atoms with Crippen molar-refractivity contribution in [3.63, 3.8) is 0 Å². The van der Waals surface area contributed by atoms with Crippen LogP contribution in [0.3, 0.4) is 0 Å². The standard InChI is InChI=1S/C34H36S4/c1-3-5-7-15-21-25-27-31(29(35-25)23-17-11-9-12-18-23)37-34-28-26(22-16-8-6-4-2)36-30(32(28)38-33(27)34)24-19-13-10-14-20-24/h9-14,17-20H,3-8,15-16,21-22H2,1-2H3. The zero-order chi connectivity index (χ0) is 25.9. The summed E-state index contributed by atoms with van der Waals surface area (Å²) >= 11 is 8.28. The predicted molar refractivity (Wildman–Crippen MR) is 177 cm³/mol. The van der Waals surface area contributed by atoms with E-state index < -0.39 is 0 Å². The Hall–Kier alpha value is -1.98. The first-order chi connectivity index (χ1) is 18.8. The summed E-state index contributed by atoms with van der Waals surface area (Å²) in [6.07, 6.45) is 13.0. The van der Waals surface area contributed by atoms with E-state index >= 15 is 0 Å². The van der Waals surface area contributed by atoms with E-state index in [4.69, 9.17) is 0 Å². The molecular formula is C34H36S4. The molecule has 0 aliphatic carbocycles. The van der Waals surface area contributed by atoms with Gasteiger partial charge in [0.05, 0.1) is 28.6 Å². The van der Waals surface area contributed by atoms with E-state index in [2.05, 4.69) is 120 Å². The second-order valence-corrected chi connectivity index (χ2v) is 14.6. The minimum Gasteiger partial charge on any atom is -0.138 e. The van der Waals surface area contributed by atoms with E-state index in [-0.39, 0.29) is 0 Å². The van der Waals surface area contributed by atoms with Gasteiger partial charge in [0.15, 0.2) is 0 Å². The lowest BCUT2D eigenvalue weighted by molar-refractivity contribution is 0.671. The fraction of sp³-hybridized carbons (Fsp3) is 0.353. The van der Waals surface area contributed by atoms with Gasteiger partial charge in [-0.2, -0.15) is 0 Å². The minimum atomic E-state index is 1.21. The third-order valence-electron chi connectivity index (χ3n) is 7.53. The minimum absolute atomic E-state index is 1.21. The summed E-state index contributed by atoms with van der Waals surface area (Å²) in [5.41, 5.74) is 2.75. The van der Waals surface area contributed by atoms with Crippen LogP contribution in [0.4, 0.5) is 0 Å². The maximum absolute atomic E-state index is 2.31. The summed E-state index contributed by atoms with van der Waals surface area (Å²) in [5, 5.41) is 3.15. The van der Waals surface area contributed by atoms with E-state index in [9.17, 15) is 0 Å². The number of fused-ring (bicyclic) bond motifs is 5. The number of rotatable bonds is 12. The summed E-state index contributed by atoms with van der Waals surface area (Å²) in [6.45, 7) is 4.61. The average Bonchev–Trinajstić information content (AvgIpc) is 3.68. The zero-order valence-electron chi connectivity index (χ0n) is 22.5. The first-order valence-corrected chi connectivity index (χ1v) is 17.6. The maximum atomic E-state index is 2.31.